The molecule has 0 spiro atoms. The molecular formula is C21H24FN3O3. The Morgan fingerprint density at radius 2 is 2.04 bits per heavy atom. The summed E-state index contributed by atoms with van der Waals surface area (Å²) in [7, 11) is 0. The van der Waals surface area contributed by atoms with Gasteiger partial charge in [-0.15, -0.1) is 10.2 Å². The first-order valence-corrected chi connectivity index (χ1v) is 9.78. The van der Waals surface area contributed by atoms with Crippen molar-refractivity contribution in [2.24, 2.45) is 11.8 Å². The first kappa shape index (κ1) is 18.8. The van der Waals surface area contributed by atoms with Crippen LogP contribution in [-0.4, -0.2) is 53.9 Å². The molecule has 0 aliphatic carbocycles. The number of nitrogens with zero attached hydrogens (tertiary/aromatic N) is 3. The van der Waals surface area contributed by atoms with Gasteiger partial charge in [-0.2, -0.15) is 0 Å². The molecule has 1 amide bonds. The van der Waals surface area contributed by atoms with Crippen LogP contribution in [0.3, 0.4) is 0 Å². The van der Waals surface area contributed by atoms with Crippen LogP contribution >= 0.6 is 0 Å². The second kappa shape index (κ2) is 8.65. The van der Waals surface area contributed by atoms with Gasteiger partial charge in [0.05, 0.1) is 12.3 Å². The maximum absolute atomic E-state index is 13.3. The third-order valence-corrected chi connectivity index (χ3v) is 5.40. The minimum Gasteiger partial charge on any atom is -0.476 e. The zero-order valence-electron chi connectivity index (χ0n) is 15.7. The molecule has 6 nitrogen and oxygen atoms in total. The lowest BCUT2D eigenvalue weighted by Crippen LogP contribution is -2.37. The third-order valence-electron chi connectivity index (χ3n) is 5.40. The number of ether oxygens (including phenoxy) is 2. The fourth-order valence-corrected chi connectivity index (χ4v) is 3.77. The van der Waals surface area contributed by atoms with Crippen molar-refractivity contribution in [3.05, 3.63) is 42.2 Å². The highest BCUT2D eigenvalue weighted by atomic mass is 19.1. The summed E-state index contributed by atoms with van der Waals surface area (Å²) >= 11 is 0. The van der Waals surface area contributed by atoms with Gasteiger partial charge in [0.15, 0.2) is 0 Å². The van der Waals surface area contributed by atoms with Crippen LogP contribution in [-0.2, 0) is 9.53 Å². The van der Waals surface area contributed by atoms with Crippen LogP contribution in [0.25, 0.3) is 11.3 Å². The fourth-order valence-electron chi connectivity index (χ4n) is 3.77. The molecule has 2 fully saturated rings. The van der Waals surface area contributed by atoms with Crippen LogP contribution in [0, 0.1) is 17.7 Å². The van der Waals surface area contributed by atoms with Gasteiger partial charge in [0.2, 0.25) is 11.8 Å². The van der Waals surface area contributed by atoms with Crippen LogP contribution in [0.1, 0.15) is 19.3 Å². The number of halogens is 1. The summed E-state index contributed by atoms with van der Waals surface area (Å²) in [5, 5.41) is 8.21. The van der Waals surface area contributed by atoms with E-state index in [-0.39, 0.29) is 17.6 Å². The van der Waals surface area contributed by atoms with Crippen molar-refractivity contribution in [2.45, 2.75) is 19.3 Å². The van der Waals surface area contributed by atoms with Crippen molar-refractivity contribution in [2.75, 3.05) is 32.9 Å². The zero-order valence-corrected chi connectivity index (χ0v) is 15.7. The lowest BCUT2D eigenvalue weighted by Gasteiger charge is -2.26. The number of hydrogen-bond acceptors (Lipinski definition) is 5. The molecule has 1 atom stereocenters. The fraction of sp³-hybridized carbons (Fsp3) is 0.476. The highest BCUT2D eigenvalue weighted by Crippen LogP contribution is 2.24. The van der Waals surface area contributed by atoms with E-state index in [1.807, 2.05) is 4.90 Å². The lowest BCUT2D eigenvalue weighted by molar-refractivity contribution is -0.137. The smallest absolute Gasteiger partial charge is 0.233 e. The van der Waals surface area contributed by atoms with Crippen molar-refractivity contribution in [1.29, 1.82) is 0 Å². The normalized spacial score (nSPS) is 20.3. The lowest BCUT2D eigenvalue weighted by atomic mass is 9.99. The van der Waals surface area contributed by atoms with E-state index in [4.69, 9.17) is 9.47 Å². The Morgan fingerprint density at radius 1 is 1.18 bits per heavy atom. The summed E-state index contributed by atoms with van der Waals surface area (Å²) in [5.41, 5.74) is 1.28. The molecule has 0 bridgehead atoms. The van der Waals surface area contributed by atoms with Gasteiger partial charge in [-0.1, -0.05) is 12.1 Å². The predicted molar refractivity (Wildman–Crippen MR) is 101 cm³/mol. The molecule has 7 heteroatoms. The first-order valence-electron chi connectivity index (χ1n) is 9.78. The number of carbonyl (C=O) groups is 1. The third kappa shape index (κ3) is 4.47. The molecule has 4 rings (SSSR count). The predicted octanol–water partition coefficient (Wildman–Crippen LogP) is 2.94. The van der Waals surface area contributed by atoms with Crippen LogP contribution in [0.2, 0.25) is 0 Å². The zero-order chi connectivity index (χ0) is 19.3. The summed E-state index contributed by atoms with van der Waals surface area (Å²) in [6.07, 6.45) is 2.58. The molecule has 2 aromatic rings. The first-order chi connectivity index (χ1) is 13.7. The average molecular weight is 385 g/mol. The van der Waals surface area contributed by atoms with Crippen LogP contribution in [0.4, 0.5) is 4.39 Å². The second-order valence-electron chi connectivity index (χ2n) is 7.40. The SMILES string of the molecule is O=C(C1CCOCC1)N1CCC(COc2ccc(-c3cccc(F)c3)nn2)C1. The minimum absolute atomic E-state index is 0.106. The second-order valence-corrected chi connectivity index (χ2v) is 7.40. The van der Waals surface area contributed by atoms with Gasteiger partial charge in [-0.25, -0.2) is 4.39 Å². The number of carbonyl (C=O) groups excluding carboxylic acids is 1. The molecule has 2 saturated heterocycles. The minimum atomic E-state index is -0.305. The standard InChI is InChI=1S/C21H24FN3O3/c22-18-3-1-2-17(12-18)19-4-5-20(24-23-19)28-14-15-6-9-25(13-15)21(26)16-7-10-27-11-8-16/h1-5,12,15-16H,6-11,13-14H2. The van der Waals surface area contributed by atoms with Crippen LogP contribution < -0.4 is 4.74 Å². The number of benzene rings is 1. The Kier molecular flexibility index (Phi) is 5.81. The quantitative estimate of drug-likeness (QED) is 0.792. The van der Waals surface area contributed by atoms with Crippen molar-refractivity contribution < 1.29 is 18.7 Å². The summed E-state index contributed by atoms with van der Waals surface area (Å²) < 4.78 is 24.4. The maximum atomic E-state index is 13.3. The van der Waals surface area contributed by atoms with Gasteiger partial charge < -0.3 is 14.4 Å². The highest BCUT2D eigenvalue weighted by Gasteiger charge is 2.32. The van der Waals surface area contributed by atoms with Crippen molar-refractivity contribution in [3.8, 4) is 17.1 Å². The Hall–Kier alpha value is -2.54. The molecule has 0 saturated carbocycles. The molecule has 1 unspecified atom stereocenters. The van der Waals surface area contributed by atoms with E-state index in [0.717, 1.165) is 32.4 Å². The molecule has 3 heterocycles. The number of hydrogen-bond donors (Lipinski definition) is 0. The summed E-state index contributed by atoms with van der Waals surface area (Å²) in [6.45, 7) is 3.38. The topological polar surface area (TPSA) is 64.5 Å². The summed E-state index contributed by atoms with van der Waals surface area (Å²) in [4.78, 5) is 14.6. The molecule has 1 aromatic heterocycles. The Balaban J connectivity index is 1.27. The van der Waals surface area contributed by atoms with E-state index in [1.165, 1.54) is 12.1 Å². The van der Waals surface area contributed by atoms with E-state index in [2.05, 4.69) is 10.2 Å². The summed E-state index contributed by atoms with van der Waals surface area (Å²) in [5.74, 6) is 0.795. The van der Waals surface area contributed by atoms with E-state index in [1.54, 1.807) is 24.3 Å². The number of likely N-dealkylation sites (tertiary alicyclic amines) is 1. The van der Waals surface area contributed by atoms with Crippen molar-refractivity contribution in [3.63, 3.8) is 0 Å². The van der Waals surface area contributed by atoms with Crippen LogP contribution in [0.5, 0.6) is 5.88 Å². The molecule has 1 aromatic carbocycles. The van der Waals surface area contributed by atoms with Crippen molar-refractivity contribution >= 4 is 5.91 Å². The van der Waals surface area contributed by atoms with Gasteiger partial charge in [0, 0.05) is 49.8 Å². The molecule has 2 aliphatic rings. The van der Waals surface area contributed by atoms with E-state index in [0.29, 0.717) is 42.9 Å². The van der Waals surface area contributed by atoms with E-state index in [9.17, 15) is 9.18 Å². The molecule has 0 radical (unpaired) electrons. The molecular weight excluding hydrogens is 361 g/mol. The molecule has 2 aliphatic heterocycles. The van der Waals surface area contributed by atoms with Gasteiger partial charge in [0.1, 0.15) is 5.82 Å². The summed E-state index contributed by atoms with van der Waals surface area (Å²) in [6, 6.07) is 9.76. The average Bonchev–Trinajstić information content (AvgIpc) is 3.22. The molecule has 28 heavy (non-hydrogen) atoms. The van der Waals surface area contributed by atoms with Crippen LogP contribution in [0.15, 0.2) is 36.4 Å². The Bertz CT molecular complexity index is 809. The number of aromatic nitrogens is 2. The largest absolute Gasteiger partial charge is 0.476 e. The molecule has 148 valence electrons. The van der Waals surface area contributed by atoms with E-state index < -0.39 is 0 Å². The van der Waals surface area contributed by atoms with Crippen molar-refractivity contribution in [1.82, 2.24) is 15.1 Å². The number of rotatable bonds is 5. The Morgan fingerprint density at radius 3 is 2.79 bits per heavy atom. The van der Waals surface area contributed by atoms with Gasteiger partial charge >= 0.3 is 0 Å². The van der Waals surface area contributed by atoms with E-state index >= 15 is 0 Å². The van der Waals surface area contributed by atoms with Gasteiger partial charge in [0.25, 0.3) is 0 Å². The molecule has 0 N–H and O–H groups in total. The maximum Gasteiger partial charge on any atom is 0.233 e. The Labute approximate surface area is 163 Å². The van der Waals surface area contributed by atoms with Gasteiger partial charge in [-0.05, 0) is 37.5 Å². The van der Waals surface area contributed by atoms with Gasteiger partial charge in [-0.3, -0.25) is 4.79 Å². The monoisotopic (exact) mass is 385 g/mol. The highest BCUT2D eigenvalue weighted by molar-refractivity contribution is 5.79. The number of amides is 1.